The molecule has 1 saturated heterocycles. The van der Waals surface area contributed by atoms with E-state index in [1.54, 1.807) is 11.3 Å². The van der Waals surface area contributed by atoms with Crippen molar-refractivity contribution < 1.29 is 0 Å². The smallest absolute Gasteiger partial charge is 0.127 e. The average Bonchev–Trinajstić information content (AvgIpc) is 3.92. The Bertz CT molecular complexity index is 2370. The van der Waals surface area contributed by atoms with Crippen molar-refractivity contribution in [2.45, 2.75) is 26.7 Å². The molecule has 0 spiro atoms. The van der Waals surface area contributed by atoms with E-state index in [1.165, 1.54) is 39.7 Å². The lowest BCUT2D eigenvalue weighted by Crippen LogP contribution is -2.17. The second kappa shape index (κ2) is 12.6. The number of pyridine rings is 1. The van der Waals surface area contributed by atoms with Gasteiger partial charge in [0.25, 0.3) is 0 Å². The van der Waals surface area contributed by atoms with Crippen LogP contribution in [-0.2, 0) is 0 Å². The number of benzene rings is 5. The fraction of sp³-hybridized carbons (Fsp3) is 0.136. The molecule has 5 aromatic carbocycles. The lowest BCUT2D eigenvalue weighted by Gasteiger charge is -2.26. The van der Waals surface area contributed by atoms with Gasteiger partial charge in [-0.25, -0.2) is 4.98 Å². The fourth-order valence-electron chi connectivity index (χ4n) is 7.25. The molecule has 1 fully saturated rings. The highest BCUT2D eigenvalue weighted by Crippen LogP contribution is 2.45. The Morgan fingerprint density at radius 1 is 0.640 bits per heavy atom. The Hall–Kier alpha value is -5.72. The fourth-order valence-corrected chi connectivity index (χ4v) is 8.28. The van der Waals surface area contributed by atoms with Crippen LogP contribution in [0.5, 0.6) is 0 Å². The van der Waals surface area contributed by atoms with Crippen LogP contribution in [0.25, 0.3) is 48.8 Å². The normalized spacial score (nSPS) is 13.0. The number of para-hydroxylation sites is 2. The summed E-state index contributed by atoms with van der Waals surface area (Å²) in [6.07, 6.45) is 4.42. The SMILES string of the molecule is Cc1ccc(N(c2ccc(C)cc2)c2ccc(-n3c(-c4cc(N5CCCC5)ccn4)c(-c4nc5ccccc5s4)c4ccccc43)cc2)cc1. The number of nitrogens with zero attached hydrogens (tertiary/aromatic N) is 5. The highest BCUT2D eigenvalue weighted by Gasteiger charge is 2.25. The minimum Gasteiger partial charge on any atom is -0.371 e. The molecule has 1 aliphatic rings. The van der Waals surface area contributed by atoms with E-state index in [2.05, 4.69) is 162 Å². The summed E-state index contributed by atoms with van der Waals surface area (Å²) in [7, 11) is 0. The van der Waals surface area contributed by atoms with Gasteiger partial charge >= 0.3 is 0 Å². The van der Waals surface area contributed by atoms with Gasteiger partial charge in [0, 0.05) is 58.7 Å². The summed E-state index contributed by atoms with van der Waals surface area (Å²) < 4.78 is 3.57. The number of hydrogen-bond donors (Lipinski definition) is 0. The van der Waals surface area contributed by atoms with Crippen molar-refractivity contribution in [3.63, 3.8) is 0 Å². The maximum atomic E-state index is 5.20. The minimum absolute atomic E-state index is 0.949. The Morgan fingerprint density at radius 2 is 1.26 bits per heavy atom. The largest absolute Gasteiger partial charge is 0.371 e. The summed E-state index contributed by atoms with van der Waals surface area (Å²) in [4.78, 5) is 15.1. The highest BCUT2D eigenvalue weighted by atomic mass is 32.1. The van der Waals surface area contributed by atoms with Gasteiger partial charge in [-0.05, 0) is 106 Å². The number of aryl methyl sites for hydroxylation is 2. The molecule has 0 N–H and O–H groups in total. The Balaban J connectivity index is 1.25. The van der Waals surface area contributed by atoms with E-state index < -0.39 is 0 Å². The molecule has 50 heavy (non-hydrogen) atoms. The van der Waals surface area contributed by atoms with Crippen LogP contribution in [0.4, 0.5) is 22.7 Å². The van der Waals surface area contributed by atoms with Gasteiger partial charge in [0.05, 0.1) is 27.1 Å². The number of rotatable bonds is 7. The first-order valence-electron chi connectivity index (χ1n) is 17.4. The van der Waals surface area contributed by atoms with Crippen LogP contribution in [0.2, 0.25) is 0 Å². The van der Waals surface area contributed by atoms with Crippen molar-refractivity contribution in [2.75, 3.05) is 22.9 Å². The standard InChI is InChI=1S/C44H37N5S/c1-30-13-17-32(18-14-30)48(33-19-15-31(2)16-20-33)34-21-23-35(24-22-34)49-40-11-5-3-9-37(40)42(44-46-38-10-4-6-12-41(38)50-44)43(49)39-29-36(25-26-45-39)47-27-7-8-28-47/h3-6,9-26,29H,7-8,27-28H2,1-2H3. The molecule has 0 amide bonds. The molecule has 0 unspecified atom stereocenters. The second-order valence-electron chi connectivity index (χ2n) is 13.2. The van der Waals surface area contributed by atoms with E-state index in [9.17, 15) is 0 Å². The molecule has 0 saturated carbocycles. The van der Waals surface area contributed by atoms with Crippen LogP contribution in [0.1, 0.15) is 24.0 Å². The lowest BCUT2D eigenvalue weighted by atomic mass is 10.1. The van der Waals surface area contributed by atoms with Crippen molar-refractivity contribution in [3.8, 4) is 27.6 Å². The minimum atomic E-state index is 0.949. The predicted octanol–water partition coefficient (Wildman–Crippen LogP) is 11.7. The van der Waals surface area contributed by atoms with Gasteiger partial charge in [0.2, 0.25) is 0 Å². The molecular formula is C44H37N5S. The zero-order valence-corrected chi connectivity index (χ0v) is 29.1. The molecule has 6 heteroatoms. The summed E-state index contributed by atoms with van der Waals surface area (Å²) in [5, 5.41) is 2.17. The maximum absolute atomic E-state index is 5.20. The quantitative estimate of drug-likeness (QED) is 0.169. The van der Waals surface area contributed by atoms with Crippen LogP contribution >= 0.6 is 11.3 Å². The van der Waals surface area contributed by atoms with Gasteiger partial charge in [0.1, 0.15) is 5.01 Å². The van der Waals surface area contributed by atoms with Crippen molar-refractivity contribution in [2.24, 2.45) is 0 Å². The van der Waals surface area contributed by atoms with Gasteiger partial charge in [0.15, 0.2) is 0 Å². The van der Waals surface area contributed by atoms with Crippen LogP contribution in [0.15, 0.2) is 140 Å². The van der Waals surface area contributed by atoms with Gasteiger partial charge < -0.3 is 14.4 Å². The highest BCUT2D eigenvalue weighted by molar-refractivity contribution is 7.21. The zero-order valence-electron chi connectivity index (χ0n) is 28.3. The Kier molecular flexibility index (Phi) is 7.66. The monoisotopic (exact) mass is 667 g/mol. The lowest BCUT2D eigenvalue weighted by molar-refractivity contribution is 0.949. The Morgan fingerprint density at radius 3 is 1.94 bits per heavy atom. The topological polar surface area (TPSA) is 37.2 Å². The van der Waals surface area contributed by atoms with E-state index in [4.69, 9.17) is 9.97 Å². The number of anilines is 4. The Labute approximate surface area is 296 Å². The van der Waals surface area contributed by atoms with Crippen LogP contribution in [-0.4, -0.2) is 27.6 Å². The molecule has 4 heterocycles. The summed E-state index contributed by atoms with van der Waals surface area (Å²) in [6, 6.07) is 48.0. The summed E-state index contributed by atoms with van der Waals surface area (Å²) in [5.74, 6) is 0. The van der Waals surface area contributed by atoms with E-state index in [-0.39, 0.29) is 0 Å². The number of thiazole rings is 1. The number of aromatic nitrogens is 3. The maximum Gasteiger partial charge on any atom is 0.127 e. The number of hydrogen-bond acceptors (Lipinski definition) is 5. The van der Waals surface area contributed by atoms with E-state index >= 15 is 0 Å². The summed E-state index contributed by atoms with van der Waals surface area (Å²) in [5.41, 5.74) is 13.4. The molecule has 0 atom stereocenters. The van der Waals surface area contributed by atoms with Gasteiger partial charge in [-0.15, -0.1) is 11.3 Å². The van der Waals surface area contributed by atoms with E-state index in [0.717, 1.165) is 68.8 Å². The van der Waals surface area contributed by atoms with Gasteiger partial charge in [-0.3, -0.25) is 4.98 Å². The van der Waals surface area contributed by atoms with Crippen LogP contribution < -0.4 is 9.80 Å². The summed E-state index contributed by atoms with van der Waals surface area (Å²) in [6.45, 7) is 6.42. The first-order valence-corrected chi connectivity index (χ1v) is 18.2. The number of fused-ring (bicyclic) bond motifs is 2. The van der Waals surface area contributed by atoms with Crippen molar-refractivity contribution in [1.29, 1.82) is 0 Å². The first kappa shape index (κ1) is 30.3. The summed E-state index contributed by atoms with van der Waals surface area (Å²) >= 11 is 1.75. The molecule has 5 nitrogen and oxygen atoms in total. The predicted molar refractivity (Wildman–Crippen MR) is 211 cm³/mol. The van der Waals surface area contributed by atoms with Crippen LogP contribution in [0, 0.1) is 13.8 Å². The molecule has 0 aliphatic carbocycles. The third kappa shape index (κ3) is 5.42. The molecular weight excluding hydrogens is 631 g/mol. The molecule has 0 bridgehead atoms. The average molecular weight is 668 g/mol. The first-order chi connectivity index (χ1) is 24.6. The van der Waals surface area contributed by atoms with Crippen molar-refractivity contribution >= 4 is 55.2 Å². The van der Waals surface area contributed by atoms with Crippen molar-refractivity contribution in [3.05, 3.63) is 151 Å². The molecule has 9 rings (SSSR count). The van der Waals surface area contributed by atoms with E-state index in [1.807, 2.05) is 6.20 Å². The molecule has 3 aromatic heterocycles. The molecule has 0 radical (unpaired) electrons. The van der Waals surface area contributed by atoms with Gasteiger partial charge in [-0.1, -0.05) is 65.7 Å². The van der Waals surface area contributed by atoms with E-state index in [0.29, 0.717) is 0 Å². The van der Waals surface area contributed by atoms with Crippen molar-refractivity contribution in [1.82, 2.24) is 14.5 Å². The second-order valence-corrected chi connectivity index (χ2v) is 14.2. The van der Waals surface area contributed by atoms with Crippen LogP contribution in [0.3, 0.4) is 0 Å². The molecule has 8 aromatic rings. The van der Waals surface area contributed by atoms with Gasteiger partial charge in [-0.2, -0.15) is 0 Å². The zero-order chi connectivity index (χ0) is 33.6. The third-order valence-electron chi connectivity index (χ3n) is 9.79. The molecule has 1 aliphatic heterocycles. The molecule has 244 valence electrons. The third-order valence-corrected chi connectivity index (χ3v) is 10.8.